The molecule has 0 aromatic heterocycles. The summed E-state index contributed by atoms with van der Waals surface area (Å²) in [5.41, 5.74) is 0.763. The summed E-state index contributed by atoms with van der Waals surface area (Å²) in [5.74, 6) is 0.629. The van der Waals surface area contributed by atoms with Crippen molar-refractivity contribution >= 4 is 17.6 Å². The highest BCUT2D eigenvalue weighted by atomic mass is 16.5. The van der Waals surface area contributed by atoms with Gasteiger partial charge in [-0.1, -0.05) is 13.3 Å². The molecule has 1 amide bonds. The highest BCUT2D eigenvalue weighted by Crippen LogP contribution is 2.19. The van der Waals surface area contributed by atoms with E-state index in [9.17, 15) is 9.59 Å². The molecule has 0 radical (unpaired) electrons. The first-order chi connectivity index (χ1) is 12.6. The second kappa shape index (κ2) is 10.8. The van der Waals surface area contributed by atoms with Crippen LogP contribution in [0.2, 0.25) is 0 Å². The van der Waals surface area contributed by atoms with Crippen molar-refractivity contribution in [1.82, 2.24) is 4.90 Å². The van der Waals surface area contributed by atoms with Gasteiger partial charge >= 0.3 is 5.97 Å². The number of likely N-dealkylation sites (tertiary alicyclic amines) is 1. The van der Waals surface area contributed by atoms with Gasteiger partial charge in [0, 0.05) is 5.69 Å². The van der Waals surface area contributed by atoms with Gasteiger partial charge < -0.3 is 14.8 Å². The van der Waals surface area contributed by atoms with Crippen molar-refractivity contribution in [1.29, 1.82) is 0 Å². The molecule has 1 heterocycles. The second-order valence-corrected chi connectivity index (χ2v) is 6.58. The molecule has 0 aliphatic carbocycles. The quantitative estimate of drug-likeness (QED) is 0.540. The zero-order chi connectivity index (χ0) is 18.8. The summed E-state index contributed by atoms with van der Waals surface area (Å²) in [6, 6.07) is 7.45. The lowest BCUT2D eigenvalue weighted by Gasteiger charge is -2.30. The van der Waals surface area contributed by atoms with Gasteiger partial charge in [-0.25, -0.2) is 0 Å². The van der Waals surface area contributed by atoms with E-state index >= 15 is 0 Å². The molecule has 0 atom stereocenters. The zero-order valence-corrected chi connectivity index (χ0v) is 15.8. The SMILES string of the molecule is CCCCOc1ccc(NC(=O)CN2CCC(C(=O)OCC)CC2)cc1. The highest BCUT2D eigenvalue weighted by molar-refractivity contribution is 5.92. The third-order valence-electron chi connectivity index (χ3n) is 4.48. The minimum absolute atomic E-state index is 0.0329. The normalized spacial score (nSPS) is 15.5. The van der Waals surface area contributed by atoms with Crippen molar-refractivity contribution < 1.29 is 19.1 Å². The number of ether oxygens (including phenoxy) is 2. The minimum atomic E-state index is -0.113. The molecule has 0 saturated carbocycles. The first-order valence-electron chi connectivity index (χ1n) is 9.54. The third-order valence-corrected chi connectivity index (χ3v) is 4.48. The molecule has 0 spiro atoms. The maximum atomic E-state index is 12.2. The maximum Gasteiger partial charge on any atom is 0.309 e. The van der Waals surface area contributed by atoms with Crippen LogP contribution in [0.15, 0.2) is 24.3 Å². The summed E-state index contributed by atoms with van der Waals surface area (Å²) < 4.78 is 10.7. The number of hydrogen-bond acceptors (Lipinski definition) is 5. The Morgan fingerprint density at radius 3 is 2.46 bits per heavy atom. The number of anilines is 1. The Balaban J connectivity index is 1.71. The van der Waals surface area contributed by atoms with E-state index in [-0.39, 0.29) is 17.8 Å². The molecule has 0 bridgehead atoms. The average Bonchev–Trinajstić information content (AvgIpc) is 2.64. The van der Waals surface area contributed by atoms with Crippen LogP contribution in [0, 0.1) is 5.92 Å². The molecule has 1 aliphatic heterocycles. The monoisotopic (exact) mass is 362 g/mol. The van der Waals surface area contributed by atoms with Crippen LogP contribution in [0.4, 0.5) is 5.69 Å². The van der Waals surface area contributed by atoms with E-state index < -0.39 is 0 Å². The van der Waals surface area contributed by atoms with Crippen LogP contribution in [-0.4, -0.2) is 49.6 Å². The Hall–Kier alpha value is -2.08. The van der Waals surface area contributed by atoms with Crippen molar-refractivity contribution in [2.75, 3.05) is 38.2 Å². The summed E-state index contributed by atoms with van der Waals surface area (Å²) in [6.45, 7) is 6.89. The highest BCUT2D eigenvalue weighted by Gasteiger charge is 2.26. The molecule has 1 aliphatic rings. The van der Waals surface area contributed by atoms with Gasteiger partial charge in [-0.05, 0) is 63.5 Å². The van der Waals surface area contributed by atoms with E-state index in [1.165, 1.54) is 0 Å². The Labute approximate surface area is 155 Å². The van der Waals surface area contributed by atoms with Gasteiger partial charge in [-0.15, -0.1) is 0 Å². The molecule has 6 heteroatoms. The van der Waals surface area contributed by atoms with Crippen molar-refractivity contribution in [2.24, 2.45) is 5.92 Å². The van der Waals surface area contributed by atoms with Crippen molar-refractivity contribution in [3.05, 3.63) is 24.3 Å². The van der Waals surface area contributed by atoms with E-state index in [0.717, 1.165) is 50.2 Å². The molecule has 2 rings (SSSR count). The van der Waals surface area contributed by atoms with Crippen molar-refractivity contribution in [2.45, 2.75) is 39.5 Å². The van der Waals surface area contributed by atoms with Crippen molar-refractivity contribution in [3.63, 3.8) is 0 Å². The first-order valence-corrected chi connectivity index (χ1v) is 9.54. The summed E-state index contributed by atoms with van der Waals surface area (Å²) >= 11 is 0. The number of hydrogen-bond donors (Lipinski definition) is 1. The average molecular weight is 362 g/mol. The fraction of sp³-hybridized carbons (Fsp3) is 0.600. The Kier molecular flexibility index (Phi) is 8.41. The number of amides is 1. The molecular formula is C20H30N2O4. The predicted molar refractivity (Wildman–Crippen MR) is 101 cm³/mol. The predicted octanol–water partition coefficient (Wildman–Crippen LogP) is 3.08. The molecule has 1 aromatic carbocycles. The summed E-state index contributed by atoms with van der Waals surface area (Å²) in [6.07, 6.45) is 3.63. The van der Waals surface area contributed by atoms with Gasteiger partial charge in [0.05, 0.1) is 25.7 Å². The zero-order valence-electron chi connectivity index (χ0n) is 15.8. The van der Waals surface area contributed by atoms with E-state index in [1.807, 2.05) is 31.2 Å². The van der Waals surface area contributed by atoms with E-state index in [4.69, 9.17) is 9.47 Å². The molecule has 1 saturated heterocycles. The first kappa shape index (κ1) is 20.2. The van der Waals surface area contributed by atoms with Crippen LogP contribution in [0.5, 0.6) is 5.75 Å². The minimum Gasteiger partial charge on any atom is -0.494 e. The standard InChI is InChI=1S/C20H30N2O4/c1-3-5-14-26-18-8-6-17(7-9-18)21-19(23)15-22-12-10-16(11-13-22)20(24)25-4-2/h6-9,16H,3-5,10-15H2,1-2H3,(H,21,23). The number of carbonyl (C=O) groups excluding carboxylic acids is 2. The van der Waals surface area contributed by atoms with Crippen molar-refractivity contribution in [3.8, 4) is 5.75 Å². The molecule has 1 fully saturated rings. The largest absolute Gasteiger partial charge is 0.494 e. The van der Waals surface area contributed by atoms with Crippen LogP contribution in [0.25, 0.3) is 0 Å². The van der Waals surface area contributed by atoms with Gasteiger partial charge in [-0.2, -0.15) is 0 Å². The molecule has 6 nitrogen and oxygen atoms in total. The molecule has 0 unspecified atom stereocenters. The number of esters is 1. The third kappa shape index (κ3) is 6.67. The molecule has 1 aromatic rings. The number of benzene rings is 1. The van der Waals surface area contributed by atoms with E-state index in [1.54, 1.807) is 0 Å². The number of nitrogens with zero attached hydrogens (tertiary/aromatic N) is 1. The Bertz CT molecular complexity index is 566. The number of nitrogens with one attached hydrogen (secondary N) is 1. The second-order valence-electron chi connectivity index (χ2n) is 6.58. The van der Waals surface area contributed by atoms with Gasteiger partial charge in [-0.3, -0.25) is 14.5 Å². The van der Waals surface area contributed by atoms with E-state index in [0.29, 0.717) is 19.8 Å². The fourth-order valence-electron chi connectivity index (χ4n) is 2.96. The van der Waals surface area contributed by atoms with Crippen LogP contribution in [0.3, 0.4) is 0 Å². The Morgan fingerprint density at radius 1 is 1.15 bits per heavy atom. The molecular weight excluding hydrogens is 332 g/mol. The smallest absolute Gasteiger partial charge is 0.309 e. The number of unbranched alkanes of at least 4 members (excludes halogenated alkanes) is 1. The fourth-order valence-corrected chi connectivity index (χ4v) is 2.96. The van der Waals surface area contributed by atoms with Gasteiger partial charge in [0.15, 0.2) is 0 Å². The Morgan fingerprint density at radius 2 is 1.85 bits per heavy atom. The summed E-state index contributed by atoms with van der Waals surface area (Å²) in [5, 5.41) is 2.91. The summed E-state index contributed by atoms with van der Waals surface area (Å²) in [4.78, 5) is 26.0. The lowest BCUT2D eigenvalue weighted by Crippen LogP contribution is -2.41. The lowest BCUT2D eigenvalue weighted by atomic mass is 9.97. The number of carbonyl (C=O) groups is 2. The summed E-state index contributed by atoms with van der Waals surface area (Å²) in [7, 11) is 0. The number of piperidine rings is 1. The molecule has 26 heavy (non-hydrogen) atoms. The van der Waals surface area contributed by atoms with Crippen LogP contribution in [-0.2, 0) is 14.3 Å². The van der Waals surface area contributed by atoms with Gasteiger partial charge in [0.2, 0.25) is 5.91 Å². The topological polar surface area (TPSA) is 67.9 Å². The van der Waals surface area contributed by atoms with Crippen LogP contribution in [0.1, 0.15) is 39.5 Å². The number of rotatable bonds is 9. The van der Waals surface area contributed by atoms with Gasteiger partial charge in [0.1, 0.15) is 5.75 Å². The lowest BCUT2D eigenvalue weighted by molar-refractivity contribution is -0.149. The molecule has 144 valence electrons. The van der Waals surface area contributed by atoms with Crippen LogP contribution >= 0.6 is 0 Å². The van der Waals surface area contributed by atoms with Crippen LogP contribution < -0.4 is 10.1 Å². The maximum absolute atomic E-state index is 12.2. The molecule has 1 N–H and O–H groups in total. The van der Waals surface area contributed by atoms with E-state index in [2.05, 4.69) is 17.1 Å². The van der Waals surface area contributed by atoms with Gasteiger partial charge in [0.25, 0.3) is 0 Å².